The Bertz CT molecular complexity index is 4170. The third kappa shape index (κ3) is 8.24. The molecular formula is C69H57N5OPt. The Hall–Kier alpha value is -8.31. The van der Waals surface area contributed by atoms with Gasteiger partial charge in [0.2, 0.25) is 0 Å². The molecule has 76 heavy (non-hydrogen) atoms. The van der Waals surface area contributed by atoms with Crippen LogP contribution in [0.25, 0.3) is 83.3 Å². The van der Waals surface area contributed by atoms with Crippen molar-refractivity contribution >= 4 is 44.3 Å². The molecule has 0 saturated heterocycles. The molecule has 0 unspecified atom stereocenters. The molecule has 374 valence electrons. The van der Waals surface area contributed by atoms with Crippen molar-refractivity contribution in [2.75, 3.05) is 4.90 Å². The maximum atomic E-state index is 6.98. The predicted molar refractivity (Wildman–Crippen MR) is 310 cm³/mol. The van der Waals surface area contributed by atoms with Crippen molar-refractivity contribution < 1.29 is 24.1 Å². The fraction of sp³-hybridized carbons (Fsp3) is 0.130. The van der Waals surface area contributed by atoms with Gasteiger partial charge in [0.25, 0.3) is 0 Å². The number of aromatic nitrogens is 4. The van der Waals surface area contributed by atoms with Crippen LogP contribution >= 0.6 is 0 Å². The van der Waals surface area contributed by atoms with E-state index in [1.807, 2.05) is 6.20 Å². The molecule has 7 heteroatoms. The summed E-state index contributed by atoms with van der Waals surface area (Å²) in [6.07, 6.45) is 1.95. The van der Waals surface area contributed by atoms with Crippen LogP contribution in [0.15, 0.2) is 225 Å². The number of hydrogen-bond acceptors (Lipinski definition) is 3. The van der Waals surface area contributed by atoms with E-state index in [4.69, 9.17) is 9.72 Å². The average molecular weight is 1170 g/mol. The fourth-order valence-electron chi connectivity index (χ4n) is 11.2. The van der Waals surface area contributed by atoms with Gasteiger partial charge >= 0.3 is 321 Å². The van der Waals surface area contributed by atoms with Crippen LogP contribution in [0.5, 0.6) is 11.5 Å². The molecule has 0 N–H and O–H groups in total. The first-order valence-electron chi connectivity index (χ1n) is 26.1. The Kier molecular flexibility index (Phi) is 11.5. The molecule has 13 rings (SSSR count). The van der Waals surface area contributed by atoms with E-state index in [2.05, 4.69) is 298 Å². The molecule has 0 saturated carbocycles. The zero-order valence-corrected chi connectivity index (χ0v) is 45.8. The number of ether oxygens (including phenoxy) is 1. The van der Waals surface area contributed by atoms with Crippen molar-refractivity contribution in [3.63, 3.8) is 0 Å². The number of pyridine rings is 1. The third-order valence-corrected chi connectivity index (χ3v) is 16.1. The molecule has 0 fully saturated rings. The molecule has 9 aromatic carbocycles. The van der Waals surface area contributed by atoms with E-state index in [1.54, 1.807) is 0 Å². The number of anilines is 2. The van der Waals surface area contributed by atoms with Crippen molar-refractivity contribution in [1.29, 1.82) is 0 Å². The van der Waals surface area contributed by atoms with Gasteiger partial charge in [0.1, 0.15) is 0 Å². The molecular weight excluding hydrogens is 1110 g/mol. The van der Waals surface area contributed by atoms with E-state index < -0.39 is 0 Å². The number of benzene rings is 9. The Balaban J connectivity index is 0.926. The Morgan fingerprint density at radius 3 is 1.62 bits per heavy atom. The first kappa shape index (κ1) is 47.4. The summed E-state index contributed by atoms with van der Waals surface area (Å²) in [5.74, 6) is 2.40. The van der Waals surface area contributed by atoms with Crippen LogP contribution in [0.1, 0.15) is 58.2 Å². The quantitative estimate of drug-likeness (QED) is 0.152. The number of fused-ring (bicyclic) bond motifs is 7. The van der Waals surface area contributed by atoms with E-state index in [1.165, 1.54) is 66.3 Å². The van der Waals surface area contributed by atoms with Crippen LogP contribution in [0, 0.1) is 3.80 Å². The van der Waals surface area contributed by atoms with Gasteiger partial charge in [-0.2, -0.15) is 0 Å². The number of nitrogens with zero attached hydrogens (tertiary/aromatic N) is 5. The summed E-state index contributed by atoms with van der Waals surface area (Å²) in [5, 5.41) is 2.50. The summed E-state index contributed by atoms with van der Waals surface area (Å²) in [5.41, 5.74) is 19.6. The van der Waals surface area contributed by atoms with Gasteiger partial charge in [0.05, 0.1) is 11.0 Å². The minimum absolute atomic E-state index is 0.0542. The molecule has 0 bridgehead atoms. The van der Waals surface area contributed by atoms with Crippen LogP contribution in [-0.4, -0.2) is 18.7 Å². The number of para-hydroxylation sites is 4. The van der Waals surface area contributed by atoms with Crippen molar-refractivity contribution in [3.05, 3.63) is 245 Å². The van der Waals surface area contributed by atoms with Crippen LogP contribution in [0.2, 0.25) is 0 Å². The van der Waals surface area contributed by atoms with E-state index in [-0.39, 0.29) is 10.8 Å². The second-order valence-corrected chi connectivity index (χ2v) is 23.0. The molecule has 0 aliphatic carbocycles. The van der Waals surface area contributed by atoms with Gasteiger partial charge in [-0.05, 0) is 41.3 Å². The Labute approximate surface area is 455 Å². The molecule has 0 atom stereocenters. The van der Waals surface area contributed by atoms with E-state index in [0.29, 0.717) is 6.54 Å². The zero-order chi connectivity index (χ0) is 51.9. The topological polar surface area (TPSA) is 40.1 Å². The number of hydrogen-bond donors (Lipinski definition) is 0. The van der Waals surface area contributed by atoms with Gasteiger partial charge in [0.15, 0.2) is 0 Å². The molecule has 6 nitrogen and oxygen atoms in total. The summed E-state index contributed by atoms with van der Waals surface area (Å²) in [6.45, 7) is 14.3. The average Bonchev–Trinajstić information content (AvgIpc) is 4.07. The molecule has 0 spiro atoms. The van der Waals surface area contributed by atoms with Crippen molar-refractivity contribution in [1.82, 2.24) is 18.7 Å². The normalized spacial score (nSPS) is 12.6. The van der Waals surface area contributed by atoms with Gasteiger partial charge < -0.3 is 4.57 Å². The molecule has 3 aromatic heterocycles. The van der Waals surface area contributed by atoms with Crippen LogP contribution < -0.4 is 9.64 Å². The molecule has 4 heterocycles. The second-order valence-electron chi connectivity index (χ2n) is 22.0. The monoisotopic (exact) mass is 1170 g/mol. The Morgan fingerprint density at radius 2 is 0.987 bits per heavy atom. The molecule has 0 amide bonds. The third-order valence-electron chi connectivity index (χ3n) is 15.1. The first-order chi connectivity index (χ1) is 36.9. The van der Waals surface area contributed by atoms with E-state index in [9.17, 15) is 0 Å². The maximum absolute atomic E-state index is 6.98. The van der Waals surface area contributed by atoms with Gasteiger partial charge in [-0.15, -0.1) is 0 Å². The second kappa shape index (κ2) is 18.5. The van der Waals surface area contributed by atoms with E-state index in [0.717, 1.165) is 60.5 Å². The first-order valence-corrected chi connectivity index (χ1v) is 27.3. The van der Waals surface area contributed by atoms with Gasteiger partial charge in [-0.25, -0.2) is 0 Å². The van der Waals surface area contributed by atoms with Crippen LogP contribution in [0.4, 0.5) is 11.5 Å². The number of rotatable bonds is 8. The summed E-state index contributed by atoms with van der Waals surface area (Å²) in [7, 11) is 0. The molecule has 12 aromatic rings. The fourth-order valence-corrected chi connectivity index (χ4v) is 12.3. The molecule has 1 aliphatic rings. The summed E-state index contributed by atoms with van der Waals surface area (Å²) in [6, 6.07) is 79.0. The standard InChI is InChI=1S/C69H57N5O.Pt/c1-68(2,3)49-36-37-70-66(41-49)71-44-48-38-52(74-61-28-15-13-26-56(61)57-27-14-16-29-62(57)74)32-34-55(48)58-35-33-54(43-65(58)71)75-53-25-19-24-51(42-53)72-45-73(64-31-18-17-30-63(64)72)67-59(46-20-9-7-10-21-46)39-50(69(4,5)6)40-60(67)47-22-11-8-12-23-47;/h7-43H,44H2,1-6H3;. The Morgan fingerprint density at radius 1 is 0.434 bits per heavy atom. The van der Waals surface area contributed by atoms with Gasteiger partial charge in [-0.1, -0.05) is 57.2 Å². The molecule has 1 aliphatic heterocycles. The van der Waals surface area contributed by atoms with Crippen LogP contribution in [-0.2, 0) is 36.7 Å². The van der Waals surface area contributed by atoms with Gasteiger partial charge in [0, 0.05) is 22.7 Å². The SMILES string of the molecule is CC(C)(C)c1ccnc(N2Cc3cc(-n4c5ccccc5c5ccccc54)ccc3-c3ccc(Oc4cccc(-n5[c](=[Pt])n(-c6c(-c7ccccc7)cc(C(C)(C)C)cc6-c6ccccc6)c6ccccc65)c4)cc32)c1. The predicted octanol–water partition coefficient (Wildman–Crippen LogP) is 18.0. The van der Waals surface area contributed by atoms with E-state index >= 15 is 0 Å². The number of imidazole rings is 1. The van der Waals surface area contributed by atoms with Crippen molar-refractivity contribution in [2.24, 2.45) is 0 Å². The van der Waals surface area contributed by atoms with Crippen molar-refractivity contribution in [3.8, 4) is 61.9 Å². The van der Waals surface area contributed by atoms with Gasteiger partial charge in [-0.3, -0.25) is 0 Å². The zero-order valence-electron chi connectivity index (χ0n) is 43.5. The summed E-state index contributed by atoms with van der Waals surface area (Å²) in [4.78, 5) is 7.41. The minimum atomic E-state index is -0.0771. The van der Waals surface area contributed by atoms with Crippen LogP contribution in [0.3, 0.4) is 0 Å². The summed E-state index contributed by atoms with van der Waals surface area (Å²) < 4.78 is 15.2. The van der Waals surface area contributed by atoms with Crippen molar-refractivity contribution in [2.45, 2.75) is 58.9 Å². The molecule has 0 radical (unpaired) electrons. The summed E-state index contributed by atoms with van der Waals surface area (Å²) >= 11 is 2.53.